The van der Waals surface area contributed by atoms with Crippen molar-refractivity contribution in [3.63, 3.8) is 0 Å². The first kappa shape index (κ1) is 33.7. The highest BCUT2D eigenvalue weighted by Gasteiger charge is 2.40. The van der Waals surface area contributed by atoms with Gasteiger partial charge in [-0.1, -0.05) is 50.0 Å². The Morgan fingerprint density at radius 3 is 2.04 bits per heavy atom. The summed E-state index contributed by atoms with van der Waals surface area (Å²) in [4.78, 5) is 4.56. The highest BCUT2D eigenvalue weighted by Crippen LogP contribution is 2.40. The number of pyridine rings is 1. The van der Waals surface area contributed by atoms with Gasteiger partial charge in [-0.3, -0.25) is 4.57 Å². The van der Waals surface area contributed by atoms with Gasteiger partial charge in [0.05, 0.1) is 28.4 Å². The van der Waals surface area contributed by atoms with Crippen LogP contribution < -0.4 is 23.3 Å². The fraction of sp³-hybridized carbons (Fsp3) is 0.387. The Morgan fingerprint density at radius 1 is 0.844 bits per heavy atom. The lowest BCUT2D eigenvalue weighted by molar-refractivity contribution is 0.171. The van der Waals surface area contributed by atoms with Crippen LogP contribution in [-0.4, -0.2) is 81.6 Å². The van der Waals surface area contributed by atoms with Gasteiger partial charge in [0.2, 0.25) is 21.9 Å². The van der Waals surface area contributed by atoms with Gasteiger partial charge in [0, 0.05) is 26.2 Å². The summed E-state index contributed by atoms with van der Waals surface area (Å²) < 4.78 is 54.4. The quantitative estimate of drug-likeness (QED) is 0.186. The van der Waals surface area contributed by atoms with E-state index in [1.807, 2.05) is 0 Å². The molecule has 0 unspecified atom stereocenters. The molecular formula is C31H41N5O7SSi. The van der Waals surface area contributed by atoms with Crippen molar-refractivity contribution in [2.45, 2.75) is 44.0 Å². The summed E-state index contributed by atoms with van der Waals surface area (Å²) in [7, 11) is -0.0975. The van der Waals surface area contributed by atoms with Crippen molar-refractivity contribution in [3.05, 3.63) is 66.2 Å². The molecule has 0 saturated carbocycles. The number of aromatic nitrogens is 4. The van der Waals surface area contributed by atoms with Gasteiger partial charge < -0.3 is 24.1 Å². The number of rotatable bonds is 14. The molecule has 2 aromatic carbocycles. The molecule has 0 aliphatic carbocycles. The van der Waals surface area contributed by atoms with Crippen molar-refractivity contribution in [1.29, 1.82) is 0 Å². The second-order valence-corrected chi connectivity index (χ2v) is 19.4. The van der Waals surface area contributed by atoms with E-state index in [-0.39, 0.29) is 18.3 Å². The van der Waals surface area contributed by atoms with E-state index < -0.39 is 29.5 Å². The highest BCUT2D eigenvalue weighted by atomic mass is 32.2. The zero-order chi connectivity index (χ0) is 32.9. The number of aliphatic hydroxyl groups is 1. The van der Waals surface area contributed by atoms with E-state index in [1.165, 1.54) is 39.7 Å². The van der Waals surface area contributed by atoms with Gasteiger partial charge in [0.25, 0.3) is 0 Å². The minimum Gasteiger partial charge on any atom is -0.496 e. The second-order valence-electron chi connectivity index (χ2n) is 11.6. The van der Waals surface area contributed by atoms with Crippen molar-refractivity contribution in [2.24, 2.45) is 0 Å². The number of hydrogen-bond acceptors (Lipinski definition) is 10. The molecule has 14 heteroatoms. The third kappa shape index (κ3) is 7.07. The highest BCUT2D eigenvalue weighted by molar-refractivity contribution is 7.93. The van der Waals surface area contributed by atoms with Crippen LogP contribution in [0.15, 0.2) is 60.7 Å². The first-order valence-corrected chi connectivity index (χ1v) is 19.6. The van der Waals surface area contributed by atoms with Crippen LogP contribution in [0.1, 0.15) is 18.6 Å². The van der Waals surface area contributed by atoms with Crippen molar-refractivity contribution in [1.82, 2.24) is 19.7 Å². The Kier molecular flexibility index (Phi) is 10.4. The Labute approximate surface area is 265 Å². The lowest BCUT2D eigenvalue weighted by atomic mass is 10.1. The number of ether oxygens (including phenoxy) is 4. The first-order chi connectivity index (χ1) is 21.4. The zero-order valence-electron chi connectivity index (χ0n) is 26.9. The molecule has 2 atom stereocenters. The van der Waals surface area contributed by atoms with E-state index in [9.17, 15) is 13.5 Å². The van der Waals surface area contributed by atoms with Crippen molar-refractivity contribution in [2.75, 3.05) is 39.3 Å². The van der Waals surface area contributed by atoms with Crippen LogP contribution in [0.25, 0.3) is 17.2 Å². The summed E-state index contributed by atoms with van der Waals surface area (Å²) in [6.07, 6.45) is -1.41. The van der Waals surface area contributed by atoms with Gasteiger partial charge in [-0.2, -0.15) is 0 Å². The molecule has 0 amide bonds. The molecule has 2 heterocycles. The summed E-state index contributed by atoms with van der Waals surface area (Å²) in [5.41, 5.74) is 1.12. The molecule has 0 aliphatic rings. The van der Waals surface area contributed by atoms with E-state index in [2.05, 4.69) is 34.8 Å². The number of sulfonamides is 1. The lowest BCUT2D eigenvalue weighted by Gasteiger charge is -2.31. The average molecular weight is 656 g/mol. The van der Waals surface area contributed by atoms with Crippen molar-refractivity contribution in [3.8, 4) is 40.3 Å². The fourth-order valence-electron chi connectivity index (χ4n) is 4.82. The topological polar surface area (TPSA) is 138 Å². The van der Waals surface area contributed by atoms with Crippen LogP contribution in [0, 0.1) is 0 Å². The minimum atomic E-state index is -4.30. The minimum absolute atomic E-state index is 0.00486. The molecule has 242 valence electrons. The van der Waals surface area contributed by atoms with Gasteiger partial charge in [0.1, 0.15) is 40.0 Å². The molecule has 0 radical (unpaired) electrons. The predicted octanol–water partition coefficient (Wildman–Crippen LogP) is 4.96. The van der Waals surface area contributed by atoms with Crippen LogP contribution in [0.5, 0.6) is 23.1 Å². The molecular weight excluding hydrogens is 615 g/mol. The van der Waals surface area contributed by atoms with Gasteiger partial charge in [-0.25, -0.2) is 17.7 Å². The standard InChI is InChI=1S/C31H41N5O7SSi/c1-21(29(37)22-13-9-10-15-24(22)40-2)44(38,39)35(19-20-45(6,7)8)31-34-33-30(23-14-11-18-27(32-23)43-5)36(31)28-25(41-3)16-12-17-26(28)42-4/h9-18,21,29,37H,19-20H2,1-8H3/t21-,29+/m1/s1. The number of para-hydroxylation sites is 2. The van der Waals surface area contributed by atoms with Gasteiger partial charge >= 0.3 is 0 Å². The molecule has 2 aromatic heterocycles. The molecule has 4 rings (SSSR count). The van der Waals surface area contributed by atoms with Gasteiger partial charge in [0.15, 0.2) is 5.82 Å². The van der Waals surface area contributed by atoms with Gasteiger partial charge in [-0.15, -0.1) is 10.2 Å². The molecule has 12 nitrogen and oxygen atoms in total. The molecule has 0 saturated heterocycles. The predicted molar refractivity (Wildman–Crippen MR) is 176 cm³/mol. The summed E-state index contributed by atoms with van der Waals surface area (Å²) in [5, 5.41) is 19.1. The summed E-state index contributed by atoms with van der Waals surface area (Å²) >= 11 is 0. The number of nitrogens with zero attached hydrogens (tertiary/aromatic N) is 5. The van der Waals surface area contributed by atoms with Crippen LogP contribution in [0.4, 0.5) is 5.95 Å². The average Bonchev–Trinajstić information content (AvgIpc) is 3.46. The lowest BCUT2D eigenvalue weighted by Crippen LogP contribution is -2.44. The second kappa shape index (κ2) is 13.9. The number of benzene rings is 2. The first-order valence-electron chi connectivity index (χ1n) is 14.4. The van der Waals surface area contributed by atoms with E-state index in [0.29, 0.717) is 46.1 Å². The number of methoxy groups -OCH3 is 4. The van der Waals surface area contributed by atoms with Crippen LogP contribution >= 0.6 is 0 Å². The van der Waals surface area contributed by atoms with Crippen LogP contribution in [0.3, 0.4) is 0 Å². The Hall–Kier alpha value is -4.14. The monoisotopic (exact) mass is 655 g/mol. The SMILES string of the molecule is COc1cccc(-c2nnc(N(CC[Si](C)(C)C)S(=O)(=O)[C@H](C)[C@H](O)c3ccccc3OC)n2-c2c(OC)cccc2OC)n1. The maximum Gasteiger partial charge on any atom is 0.246 e. The van der Waals surface area contributed by atoms with Crippen LogP contribution in [-0.2, 0) is 10.0 Å². The van der Waals surface area contributed by atoms with Crippen molar-refractivity contribution < 1.29 is 32.5 Å². The summed E-state index contributed by atoms with van der Waals surface area (Å²) in [5.74, 6) is 1.74. The molecule has 0 spiro atoms. The largest absolute Gasteiger partial charge is 0.496 e. The maximum absolute atomic E-state index is 14.7. The zero-order valence-corrected chi connectivity index (χ0v) is 28.7. The number of hydrogen-bond donors (Lipinski definition) is 1. The van der Waals surface area contributed by atoms with Crippen molar-refractivity contribution >= 4 is 24.0 Å². The normalized spacial score (nSPS) is 13.2. The molecule has 0 fully saturated rings. The molecule has 45 heavy (non-hydrogen) atoms. The van der Waals surface area contributed by atoms with E-state index in [1.54, 1.807) is 65.2 Å². The smallest absolute Gasteiger partial charge is 0.246 e. The molecule has 1 N–H and O–H groups in total. The molecule has 0 aliphatic heterocycles. The van der Waals surface area contributed by atoms with E-state index in [0.717, 1.165) is 0 Å². The third-order valence-corrected chi connectivity index (χ3v) is 11.3. The van der Waals surface area contributed by atoms with Crippen LogP contribution in [0.2, 0.25) is 25.7 Å². The van der Waals surface area contributed by atoms with Gasteiger partial charge in [-0.05, 0) is 37.2 Å². The summed E-state index contributed by atoms with van der Waals surface area (Å²) in [6, 6.07) is 17.8. The third-order valence-electron chi connectivity index (χ3n) is 7.40. The molecule has 4 aromatic rings. The maximum atomic E-state index is 14.7. The molecule has 0 bridgehead atoms. The van der Waals surface area contributed by atoms with E-state index in [4.69, 9.17) is 18.9 Å². The number of anilines is 1. The van der Waals surface area contributed by atoms with E-state index >= 15 is 0 Å². The Bertz CT molecular complexity index is 1700. The summed E-state index contributed by atoms with van der Waals surface area (Å²) in [6.45, 7) is 8.05. The Balaban J connectivity index is 2.00. The fourth-order valence-corrected chi connectivity index (χ4v) is 7.44. The number of aliphatic hydroxyl groups excluding tert-OH is 1. The Morgan fingerprint density at radius 2 is 1.44 bits per heavy atom.